The predicted octanol–water partition coefficient (Wildman–Crippen LogP) is 4.88. The van der Waals surface area contributed by atoms with Crippen molar-refractivity contribution in [1.29, 1.82) is 0 Å². The van der Waals surface area contributed by atoms with Crippen molar-refractivity contribution in [1.82, 2.24) is 4.98 Å². The molecular weight excluding hydrogens is 350 g/mol. The Morgan fingerprint density at radius 2 is 1.70 bits per heavy atom. The minimum atomic E-state index is -1.08. The molecule has 3 aromatic rings. The van der Waals surface area contributed by atoms with Gasteiger partial charge in [-0.3, -0.25) is 4.98 Å². The largest absolute Gasteiger partial charge is 0.384 e. The van der Waals surface area contributed by atoms with Gasteiger partial charge in [-0.15, -0.1) is 0 Å². The number of rotatable bonds is 4. The fraction of sp³-hybridized carbons (Fsp3) is 0.150. The summed E-state index contributed by atoms with van der Waals surface area (Å²) in [6.45, 7) is 1.85. The van der Waals surface area contributed by atoms with Crippen LogP contribution in [0.2, 0.25) is 0 Å². The van der Waals surface area contributed by atoms with E-state index in [1.807, 2.05) is 79.7 Å². The normalized spacial score (nSPS) is 14.9. The molecule has 0 bridgehead atoms. The van der Waals surface area contributed by atoms with E-state index >= 15 is 0 Å². The van der Waals surface area contributed by atoms with Crippen LogP contribution in [0.25, 0.3) is 0 Å². The minimum absolute atomic E-state index is 0.251. The second kappa shape index (κ2) is 6.65. The van der Waals surface area contributed by atoms with Crippen molar-refractivity contribution >= 4 is 15.9 Å². The Kier molecular flexibility index (Phi) is 4.60. The van der Waals surface area contributed by atoms with Crippen LogP contribution in [0.4, 0.5) is 0 Å². The van der Waals surface area contributed by atoms with Gasteiger partial charge in [0.05, 0.1) is 17.2 Å². The molecule has 0 amide bonds. The molecule has 0 radical (unpaired) electrons. The van der Waals surface area contributed by atoms with E-state index in [0.29, 0.717) is 0 Å². The molecule has 2 nitrogen and oxygen atoms in total. The van der Waals surface area contributed by atoms with Crippen molar-refractivity contribution in [2.45, 2.75) is 18.4 Å². The van der Waals surface area contributed by atoms with E-state index in [4.69, 9.17) is 0 Å². The topological polar surface area (TPSA) is 33.1 Å². The van der Waals surface area contributed by atoms with Crippen LogP contribution in [-0.2, 0) is 5.60 Å². The number of halogens is 1. The van der Waals surface area contributed by atoms with Crippen LogP contribution in [0.15, 0.2) is 83.5 Å². The second-order valence-corrected chi connectivity index (χ2v) is 6.67. The molecule has 0 spiro atoms. The maximum atomic E-state index is 11.4. The Hall–Kier alpha value is -1.97. The average Bonchev–Trinajstić information content (AvgIpc) is 2.57. The zero-order valence-corrected chi connectivity index (χ0v) is 14.4. The summed E-state index contributed by atoms with van der Waals surface area (Å²) in [5, 5.41) is 11.4. The maximum absolute atomic E-state index is 11.4. The zero-order chi connectivity index (χ0) is 16.3. The summed E-state index contributed by atoms with van der Waals surface area (Å²) in [7, 11) is 0. The maximum Gasteiger partial charge on any atom is 0.0992 e. The molecule has 0 aliphatic heterocycles. The van der Waals surface area contributed by atoms with E-state index in [1.54, 1.807) is 6.20 Å². The van der Waals surface area contributed by atoms with Gasteiger partial charge in [-0.2, -0.15) is 0 Å². The van der Waals surface area contributed by atoms with Crippen LogP contribution in [0.1, 0.15) is 29.7 Å². The van der Waals surface area contributed by atoms with Gasteiger partial charge in [0.2, 0.25) is 0 Å². The molecular formula is C20H18BrNO. The van der Waals surface area contributed by atoms with Crippen molar-refractivity contribution in [2.75, 3.05) is 0 Å². The van der Waals surface area contributed by atoms with Crippen LogP contribution in [-0.4, -0.2) is 10.1 Å². The second-order valence-electron chi connectivity index (χ2n) is 5.76. The van der Waals surface area contributed by atoms with Crippen LogP contribution in [0, 0.1) is 0 Å². The predicted molar refractivity (Wildman–Crippen MR) is 96.2 cm³/mol. The van der Waals surface area contributed by atoms with E-state index in [2.05, 4.69) is 20.9 Å². The van der Waals surface area contributed by atoms with E-state index in [1.165, 1.54) is 0 Å². The SMILES string of the molecule is CC(O)(c1cccc(Br)c1)C(c1ccccc1)c1ccccn1. The first-order valence-electron chi connectivity index (χ1n) is 7.53. The molecule has 1 heterocycles. The highest BCUT2D eigenvalue weighted by atomic mass is 79.9. The first kappa shape index (κ1) is 15.9. The van der Waals surface area contributed by atoms with E-state index in [9.17, 15) is 5.11 Å². The first-order valence-corrected chi connectivity index (χ1v) is 8.32. The highest BCUT2D eigenvalue weighted by Gasteiger charge is 2.37. The first-order chi connectivity index (χ1) is 11.1. The number of pyridine rings is 1. The number of aromatic nitrogens is 1. The standard InChI is InChI=1S/C20H18BrNO/c1-20(23,16-10-7-11-17(21)14-16)19(15-8-3-2-4-9-15)18-12-5-6-13-22-18/h2-14,19,23H,1H3. The molecule has 0 aliphatic carbocycles. The Bertz CT molecular complexity index is 732. The summed E-state index contributed by atoms with van der Waals surface area (Å²) in [4.78, 5) is 4.50. The number of nitrogens with zero attached hydrogens (tertiary/aromatic N) is 1. The lowest BCUT2D eigenvalue weighted by molar-refractivity contribution is 0.0380. The third-order valence-electron chi connectivity index (χ3n) is 4.09. The van der Waals surface area contributed by atoms with Crippen LogP contribution in [0.5, 0.6) is 0 Å². The van der Waals surface area contributed by atoms with E-state index in [-0.39, 0.29) is 5.92 Å². The fourth-order valence-electron chi connectivity index (χ4n) is 2.95. The molecule has 1 aromatic heterocycles. The van der Waals surface area contributed by atoms with Crippen molar-refractivity contribution < 1.29 is 5.11 Å². The number of hydrogen-bond acceptors (Lipinski definition) is 2. The molecule has 0 saturated heterocycles. The van der Waals surface area contributed by atoms with Gasteiger partial charge in [0.25, 0.3) is 0 Å². The highest BCUT2D eigenvalue weighted by molar-refractivity contribution is 9.10. The van der Waals surface area contributed by atoms with Gasteiger partial charge >= 0.3 is 0 Å². The third-order valence-corrected chi connectivity index (χ3v) is 4.58. The van der Waals surface area contributed by atoms with E-state index < -0.39 is 5.60 Å². The van der Waals surface area contributed by atoms with Crippen molar-refractivity contribution in [3.8, 4) is 0 Å². The van der Waals surface area contributed by atoms with Gasteiger partial charge in [-0.25, -0.2) is 0 Å². The molecule has 0 fully saturated rings. The molecule has 2 unspecified atom stereocenters. The fourth-order valence-corrected chi connectivity index (χ4v) is 3.34. The molecule has 3 heteroatoms. The lowest BCUT2D eigenvalue weighted by Crippen LogP contribution is -2.31. The molecule has 0 aliphatic rings. The van der Waals surface area contributed by atoms with Gasteiger partial charge in [-0.05, 0) is 42.3 Å². The summed E-state index contributed by atoms with van der Waals surface area (Å²) in [5.74, 6) is -0.251. The van der Waals surface area contributed by atoms with Gasteiger partial charge in [0.15, 0.2) is 0 Å². The number of benzene rings is 2. The molecule has 1 N–H and O–H groups in total. The van der Waals surface area contributed by atoms with Gasteiger partial charge < -0.3 is 5.11 Å². The summed E-state index contributed by atoms with van der Waals surface area (Å²) in [6, 6.07) is 23.6. The lowest BCUT2D eigenvalue weighted by Gasteiger charge is -2.33. The van der Waals surface area contributed by atoms with Gasteiger partial charge in [0, 0.05) is 10.7 Å². The van der Waals surface area contributed by atoms with Crippen LogP contribution < -0.4 is 0 Å². The number of hydrogen-bond donors (Lipinski definition) is 1. The molecule has 2 atom stereocenters. The van der Waals surface area contributed by atoms with Gasteiger partial charge in [-0.1, -0.05) is 64.5 Å². The summed E-state index contributed by atoms with van der Waals surface area (Å²) in [6.07, 6.45) is 1.77. The van der Waals surface area contributed by atoms with Crippen molar-refractivity contribution in [3.05, 3.63) is 100 Å². The zero-order valence-electron chi connectivity index (χ0n) is 12.9. The quantitative estimate of drug-likeness (QED) is 0.712. The molecule has 2 aromatic carbocycles. The lowest BCUT2D eigenvalue weighted by atomic mass is 9.76. The third kappa shape index (κ3) is 3.36. The minimum Gasteiger partial charge on any atom is -0.384 e. The molecule has 23 heavy (non-hydrogen) atoms. The summed E-state index contributed by atoms with van der Waals surface area (Å²) >= 11 is 3.49. The smallest absolute Gasteiger partial charge is 0.0992 e. The van der Waals surface area contributed by atoms with Crippen molar-refractivity contribution in [3.63, 3.8) is 0 Å². The monoisotopic (exact) mass is 367 g/mol. The van der Waals surface area contributed by atoms with Crippen LogP contribution >= 0.6 is 15.9 Å². The summed E-state index contributed by atoms with van der Waals surface area (Å²) < 4.78 is 0.947. The molecule has 3 rings (SSSR count). The van der Waals surface area contributed by atoms with E-state index in [0.717, 1.165) is 21.3 Å². The Balaban J connectivity index is 2.15. The van der Waals surface area contributed by atoms with Crippen molar-refractivity contribution in [2.24, 2.45) is 0 Å². The molecule has 0 saturated carbocycles. The Morgan fingerprint density at radius 3 is 2.35 bits per heavy atom. The molecule has 116 valence electrons. The highest BCUT2D eigenvalue weighted by Crippen LogP contribution is 2.41. The number of aliphatic hydroxyl groups is 1. The summed E-state index contributed by atoms with van der Waals surface area (Å²) in [5.41, 5.74) is 1.66. The Morgan fingerprint density at radius 1 is 0.957 bits per heavy atom. The van der Waals surface area contributed by atoms with Gasteiger partial charge in [0.1, 0.15) is 0 Å². The van der Waals surface area contributed by atoms with Crippen LogP contribution in [0.3, 0.4) is 0 Å². The Labute approximate surface area is 145 Å². The average molecular weight is 368 g/mol.